The molecule has 0 aliphatic rings. The molecule has 0 heterocycles. The van der Waals surface area contributed by atoms with Crippen molar-refractivity contribution in [1.29, 1.82) is 0 Å². The van der Waals surface area contributed by atoms with Crippen LogP contribution >= 0.6 is 0 Å². The van der Waals surface area contributed by atoms with Gasteiger partial charge in [-0.05, 0) is 0 Å². The van der Waals surface area contributed by atoms with Crippen molar-refractivity contribution in [2.24, 2.45) is 0 Å². The van der Waals surface area contributed by atoms with E-state index in [0.717, 1.165) is 28.5 Å². The molecule has 25 heavy (non-hydrogen) atoms. The minimum absolute atomic E-state index is 0.788. The first-order chi connectivity index (χ1) is 12.3. The second-order valence-corrected chi connectivity index (χ2v) is 3.67. The summed E-state index contributed by atoms with van der Waals surface area (Å²) in [7, 11) is 1.65. The van der Waals surface area contributed by atoms with Crippen molar-refractivity contribution < 1.29 is 43.8 Å². The summed E-state index contributed by atoms with van der Waals surface area (Å²) in [4.78, 5) is 0. The third-order valence-electron chi connectivity index (χ3n) is 1.93. The Morgan fingerprint density at radius 1 is 0.960 bits per heavy atom. The number of methoxy groups -OCH3 is 1. The first kappa shape index (κ1) is 34.2. The third-order valence-corrected chi connectivity index (χ3v) is 2.53. The van der Waals surface area contributed by atoms with E-state index in [1.165, 1.54) is 0 Å². The molecular weight excluding hydrogens is 364 g/mol. The zero-order valence-electron chi connectivity index (χ0n) is 13.6. The van der Waals surface area contributed by atoms with Crippen molar-refractivity contribution in [3.05, 3.63) is 68.6 Å². The van der Waals surface area contributed by atoms with E-state index in [4.69, 9.17) is 28.0 Å². The molecule has 1 aromatic carbocycles. The molecule has 0 spiro atoms. The quantitative estimate of drug-likeness (QED) is 0.449. The Bertz CT molecular complexity index is 565. The van der Waals surface area contributed by atoms with Crippen LogP contribution in [-0.2, 0) is 43.8 Å². The van der Waals surface area contributed by atoms with Gasteiger partial charge in [-0.2, -0.15) is 0 Å². The van der Waals surface area contributed by atoms with Gasteiger partial charge in [0.15, 0.2) is 0 Å². The summed E-state index contributed by atoms with van der Waals surface area (Å²) in [5.41, 5.74) is 2.05. The predicted octanol–water partition coefficient (Wildman–Crippen LogP) is 2.32. The predicted molar refractivity (Wildman–Crippen MR) is 79.0 cm³/mol. The molecule has 1 rings (SSSR count). The van der Waals surface area contributed by atoms with Gasteiger partial charge in [-0.15, -0.1) is 0 Å². The first-order valence-corrected chi connectivity index (χ1v) is 6.61. The van der Waals surface area contributed by atoms with E-state index >= 15 is 0 Å². The Morgan fingerprint density at radius 3 is 1.80 bits per heavy atom. The van der Waals surface area contributed by atoms with Gasteiger partial charge >= 0.3 is 156 Å². The van der Waals surface area contributed by atoms with Gasteiger partial charge in [0.1, 0.15) is 0 Å². The molecule has 7 heteroatoms. The molecule has 0 radical (unpaired) electrons. The van der Waals surface area contributed by atoms with Gasteiger partial charge in [-0.3, -0.25) is 0 Å². The van der Waals surface area contributed by atoms with Gasteiger partial charge in [-0.1, -0.05) is 0 Å². The molecule has 0 bridgehead atoms. The summed E-state index contributed by atoms with van der Waals surface area (Å²) in [5.74, 6) is 6.30. The number of hydrogen-bond acceptors (Lipinski definition) is 1. The molecule has 6 nitrogen and oxygen atoms in total. The van der Waals surface area contributed by atoms with Crippen molar-refractivity contribution in [2.45, 2.75) is 19.8 Å². The van der Waals surface area contributed by atoms with Gasteiger partial charge in [-0.25, -0.2) is 0 Å². The molecule has 0 atom stereocenters. The van der Waals surface area contributed by atoms with Crippen molar-refractivity contribution in [3.8, 4) is 11.8 Å². The van der Waals surface area contributed by atoms with E-state index in [2.05, 4.69) is 67.9 Å². The minimum atomic E-state index is 0.788. The number of hydrogen-bond donors (Lipinski definition) is 0. The van der Waals surface area contributed by atoms with Crippen LogP contribution in [0.4, 0.5) is 0 Å². The van der Waals surface area contributed by atoms with Crippen LogP contribution in [0, 0.1) is 45.1 Å². The van der Waals surface area contributed by atoms with Crippen molar-refractivity contribution in [3.63, 3.8) is 0 Å². The average Bonchev–Trinajstić information content (AvgIpc) is 2.75. The van der Waals surface area contributed by atoms with Crippen LogP contribution in [0.15, 0.2) is 24.3 Å². The standard InChI is InChI=1S/C13H14O.5CO.Cr/c1-3-4-5-8-12-9-6-7-10-13(12)11-14-2;5*1-2;/h6-7,9-10H,3-4H2,1-2H3;;;;;;. The maximum atomic E-state index is 7.50. The molecule has 0 aliphatic heterocycles. The Hall–Kier alpha value is -2.16. The van der Waals surface area contributed by atoms with Gasteiger partial charge in [0.25, 0.3) is 0 Å². The van der Waals surface area contributed by atoms with Crippen LogP contribution < -0.4 is 0 Å². The van der Waals surface area contributed by atoms with Crippen LogP contribution in [0.3, 0.4) is 0 Å². The average molecular weight is 378 g/mol. The topological polar surface area (TPSA) is 109 Å². The Labute approximate surface area is 156 Å². The molecule has 0 aliphatic carbocycles. The SMILES string of the molecule is CCCC#Cc1ccccc1[C](=[Cr])OC.[C-]#[O+].[C-]#[O+].[C-]#[O+].[C-]#[O+].[C-]#[O+]. The molecule has 0 unspecified atom stereocenters. The van der Waals surface area contributed by atoms with Crippen LogP contribution in [0.25, 0.3) is 0 Å². The van der Waals surface area contributed by atoms with Crippen LogP contribution in [0.1, 0.15) is 30.9 Å². The monoisotopic (exact) mass is 378 g/mol. The van der Waals surface area contributed by atoms with Crippen LogP contribution in [-0.4, -0.2) is 11.7 Å². The summed E-state index contributed by atoms with van der Waals surface area (Å²) in [5, 5.41) is 0. The van der Waals surface area contributed by atoms with E-state index in [1.807, 2.05) is 24.3 Å². The molecule has 0 amide bonds. The van der Waals surface area contributed by atoms with E-state index in [0.29, 0.717) is 0 Å². The summed E-state index contributed by atoms with van der Waals surface area (Å²) < 4.78 is 43.5. The Balaban J connectivity index is -0.000000114. The molecule has 128 valence electrons. The van der Waals surface area contributed by atoms with E-state index in [1.54, 1.807) is 7.11 Å². The van der Waals surface area contributed by atoms with E-state index < -0.39 is 0 Å². The second kappa shape index (κ2) is 37.8. The fraction of sp³-hybridized carbons (Fsp3) is 0.222. The molecule has 0 saturated heterocycles. The number of benzene rings is 1. The molecule has 0 N–H and O–H groups in total. The number of ether oxygens (including phenoxy) is 1. The fourth-order valence-electron chi connectivity index (χ4n) is 1.16. The van der Waals surface area contributed by atoms with E-state index in [-0.39, 0.29) is 0 Å². The zero-order valence-corrected chi connectivity index (χ0v) is 14.9. The summed E-state index contributed by atoms with van der Waals surface area (Å²) in [6.45, 7) is 24.6. The third kappa shape index (κ3) is 21.8. The van der Waals surface area contributed by atoms with Crippen LogP contribution in [0.5, 0.6) is 0 Å². The first-order valence-electron chi connectivity index (χ1n) is 5.98. The van der Waals surface area contributed by atoms with Gasteiger partial charge in [0.05, 0.1) is 0 Å². The number of unbranched alkanes of at least 4 members (excludes halogenated alkanes) is 1. The zero-order chi connectivity index (χ0) is 21.1. The summed E-state index contributed by atoms with van der Waals surface area (Å²) >= 11 is 2.90. The summed E-state index contributed by atoms with van der Waals surface area (Å²) in [6.07, 6.45) is 2.03. The molecule has 1 aromatic rings. The second-order valence-electron chi connectivity index (χ2n) is 3.09. The van der Waals surface area contributed by atoms with Crippen molar-refractivity contribution in [1.82, 2.24) is 0 Å². The Morgan fingerprint density at radius 2 is 1.40 bits per heavy atom. The molecule has 0 aromatic heterocycles. The summed E-state index contributed by atoms with van der Waals surface area (Å²) in [6, 6.07) is 7.98. The van der Waals surface area contributed by atoms with Gasteiger partial charge in [0, 0.05) is 0 Å². The molecule has 0 saturated carbocycles. The normalized spacial score (nSPS) is 5.92. The van der Waals surface area contributed by atoms with E-state index in [9.17, 15) is 0 Å². The van der Waals surface area contributed by atoms with Crippen molar-refractivity contribution >= 4 is 4.57 Å². The fourth-order valence-corrected chi connectivity index (χ4v) is 1.44. The van der Waals surface area contributed by atoms with Crippen LogP contribution in [0.2, 0.25) is 0 Å². The Kier molecular flexibility index (Phi) is 51.8. The van der Waals surface area contributed by atoms with Crippen molar-refractivity contribution in [2.75, 3.05) is 7.11 Å². The van der Waals surface area contributed by atoms with Gasteiger partial charge in [0.2, 0.25) is 0 Å². The molecular formula is C18H14CrO6. The maximum absolute atomic E-state index is 7.50. The van der Waals surface area contributed by atoms with Gasteiger partial charge < -0.3 is 0 Å². The molecule has 0 fully saturated rings. The number of rotatable bonds is 3.